The smallest absolute Gasteiger partial charge is 0.212 e. The van der Waals surface area contributed by atoms with Crippen LogP contribution in [0.3, 0.4) is 0 Å². The summed E-state index contributed by atoms with van der Waals surface area (Å²) in [5.41, 5.74) is 0.764. The standard InChI is InChI=1S/C16H16BrF2NO2S/c1-11(12-4-7-15(18)8-5-12)20(2)23(21,22)10-13-3-6-14(17)9-16(13)19/h3-9,11H,10H2,1-2H3/t11-/m1/s1. The first-order chi connectivity index (χ1) is 10.7. The molecule has 0 fully saturated rings. The first-order valence-corrected chi connectivity index (χ1v) is 9.26. The summed E-state index contributed by atoms with van der Waals surface area (Å²) < 4.78 is 53.5. The van der Waals surface area contributed by atoms with Crippen LogP contribution in [0.4, 0.5) is 8.78 Å². The Morgan fingerprint density at radius 3 is 2.30 bits per heavy atom. The fourth-order valence-electron chi connectivity index (χ4n) is 2.13. The van der Waals surface area contributed by atoms with Crippen molar-refractivity contribution in [2.75, 3.05) is 7.05 Å². The predicted octanol–water partition coefficient (Wildman–Crippen LogP) is 4.25. The minimum Gasteiger partial charge on any atom is -0.212 e. The summed E-state index contributed by atoms with van der Waals surface area (Å²) in [4.78, 5) is 0. The summed E-state index contributed by atoms with van der Waals surface area (Å²) in [5, 5.41) is 0. The van der Waals surface area contributed by atoms with Gasteiger partial charge in [-0.15, -0.1) is 0 Å². The third-order valence-corrected chi connectivity index (χ3v) is 6.05. The minimum absolute atomic E-state index is 0.103. The number of benzene rings is 2. The molecule has 0 unspecified atom stereocenters. The van der Waals surface area contributed by atoms with Gasteiger partial charge < -0.3 is 0 Å². The van der Waals surface area contributed by atoms with E-state index in [1.165, 1.54) is 47.8 Å². The van der Waals surface area contributed by atoms with E-state index in [1.54, 1.807) is 13.0 Å². The average Bonchev–Trinajstić information content (AvgIpc) is 2.49. The highest BCUT2D eigenvalue weighted by Gasteiger charge is 2.25. The Morgan fingerprint density at radius 2 is 1.74 bits per heavy atom. The highest BCUT2D eigenvalue weighted by molar-refractivity contribution is 9.10. The third-order valence-electron chi connectivity index (χ3n) is 3.69. The molecule has 0 aliphatic heterocycles. The van der Waals surface area contributed by atoms with E-state index in [0.717, 1.165) is 0 Å². The quantitative estimate of drug-likeness (QED) is 0.747. The predicted molar refractivity (Wildman–Crippen MR) is 89.3 cm³/mol. The topological polar surface area (TPSA) is 37.4 Å². The summed E-state index contributed by atoms with van der Waals surface area (Å²) in [7, 11) is -2.29. The zero-order valence-corrected chi connectivity index (χ0v) is 15.0. The Balaban J connectivity index is 2.22. The second-order valence-corrected chi connectivity index (χ2v) is 8.18. The average molecular weight is 404 g/mol. The maximum Gasteiger partial charge on any atom is 0.218 e. The largest absolute Gasteiger partial charge is 0.218 e. The first-order valence-electron chi connectivity index (χ1n) is 6.86. The van der Waals surface area contributed by atoms with Gasteiger partial charge in [0, 0.05) is 23.1 Å². The molecule has 0 saturated heterocycles. The Bertz CT molecular complexity index is 794. The van der Waals surface area contributed by atoms with Crippen molar-refractivity contribution < 1.29 is 17.2 Å². The summed E-state index contributed by atoms with van der Waals surface area (Å²) >= 11 is 3.13. The zero-order valence-electron chi connectivity index (χ0n) is 12.6. The van der Waals surface area contributed by atoms with Crippen LogP contribution in [-0.2, 0) is 15.8 Å². The van der Waals surface area contributed by atoms with E-state index in [4.69, 9.17) is 0 Å². The molecule has 0 radical (unpaired) electrons. The molecule has 2 aromatic rings. The van der Waals surface area contributed by atoms with Gasteiger partial charge in [-0.05, 0) is 36.8 Å². The molecule has 0 saturated carbocycles. The van der Waals surface area contributed by atoms with Crippen LogP contribution < -0.4 is 0 Å². The van der Waals surface area contributed by atoms with E-state index in [2.05, 4.69) is 15.9 Å². The normalized spacial score (nSPS) is 13.3. The molecule has 7 heteroatoms. The lowest BCUT2D eigenvalue weighted by Crippen LogP contribution is -2.31. The van der Waals surface area contributed by atoms with Crippen molar-refractivity contribution in [1.29, 1.82) is 0 Å². The number of rotatable bonds is 5. The molecule has 2 rings (SSSR count). The Kier molecular flexibility index (Phi) is 5.54. The van der Waals surface area contributed by atoms with E-state index < -0.39 is 27.6 Å². The Labute approximate surface area is 143 Å². The van der Waals surface area contributed by atoms with E-state index in [-0.39, 0.29) is 11.4 Å². The molecule has 124 valence electrons. The van der Waals surface area contributed by atoms with Crippen molar-refractivity contribution in [3.63, 3.8) is 0 Å². The molecule has 0 aliphatic carbocycles. The molecule has 0 aromatic heterocycles. The van der Waals surface area contributed by atoms with E-state index >= 15 is 0 Å². The highest BCUT2D eigenvalue weighted by atomic mass is 79.9. The van der Waals surface area contributed by atoms with Crippen LogP contribution in [0, 0.1) is 11.6 Å². The van der Waals surface area contributed by atoms with Crippen LogP contribution in [0.1, 0.15) is 24.1 Å². The molecule has 0 N–H and O–H groups in total. The number of hydrogen-bond acceptors (Lipinski definition) is 2. The maximum absolute atomic E-state index is 13.9. The van der Waals surface area contributed by atoms with Crippen molar-refractivity contribution in [2.45, 2.75) is 18.7 Å². The molecule has 3 nitrogen and oxygen atoms in total. The van der Waals surface area contributed by atoms with Gasteiger partial charge in [-0.3, -0.25) is 0 Å². The highest BCUT2D eigenvalue weighted by Crippen LogP contribution is 2.25. The van der Waals surface area contributed by atoms with Crippen LogP contribution in [0.25, 0.3) is 0 Å². The van der Waals surface area contributed by atoms with Gasteiger partial charge >= 0.3 is 0 Å². The van der Waals surface area contributed by atoms with E-state index in [1.807, 2.05) is 0 Å². The fourth-order valence-corrected chi connectivity index (χ4v) is 3.90. The lowest BCUT2D eigenvalue weighted by molar-refractivity contribution is 0.397. The van der Waals surface area contributed by atoms with Crippen LogP contribution in [0.5, 0.6) is 0 Å². The summed E-state index contributed by atoms with van der Waals surface area (Å²) in [6, 6.07) is 9.40. The van der Waals surface area contributed by atoms with Crippen LogP contribution in [0.2, 0.25) is 0 Å². The Morgan fingerprint density at radius 1 is 1.13 bits per heavy atom. The molecule has 2 aromatic carbocycles. The SMILES string of the molecule is C[C@H](c1ccc(F)cc1)N(C)S(=O)(=O)Cc1ccc(Br)cc1F. The number of sulfonamides is 1. The van der Waals surface area contributed by atoms with Gasteiger partial charge in [-0.25, -0.2) is 17.2 Å². The molecular weight excluding hydrogens is 388 g/mol. The fraction of sp³-hybridized carbons (Fsp3) is 0.250. The Hall–Kier alpha value is -1.31. The molecular formula is C16H16BrF2NO2S. The lowest BCUT2D eigenvalue weighted by atomic mass is 10.1. The van der Waals surface area contributed by atoms with Crippen LogP contribution in [0.15, 0.2) is 46.9 Å². The summed E-state index contributed by atoms with van der Waals surface area (Å²) in [6.07, 6.45) is 0. The van der Waals surface area contributed by atoms with E-state index in [0.29, 0.717) is 10.0 Å². The lowest BCUT2D eigenvalue weighted by Gasteiger charge is -2.25. The zero-order chi connectivity index (χ0) is 17.2. The molecule has 0 heterocycles. The molecule has 0 bridgehead atoms. The van der Waals surface area contributed by atoms with E-state index in [9.17, 15) is 17.2 Å². The monoisotopic (exact) mass is 403 g/mol. The minimum atomic E-state index is -3.72. The van der Waals surface area contributed by atoms with Crippen molar-refractivity contribution in [3.8, 4) is 0 Å². The first kappa shape index (κ1) is 18.0. The maximum atomic E-state index is 13.9. The molecule has 1 atom stereocenters. The van der Waals surface area contributed by atoms with Gasteiger partial charge in [-0.2, -0.15) is 4.31 Å². The van der Waals surface area contributed by atoms with Crippen LogP contribution >= 0.6 is 15.9 Å². The molecule has 23 heavy (non-hydrogen) atoms. The third kappa shape index (κ3) is 4.37. The van der Waals surface area contributed by atoms with Crippen molar-refractivity contribution >= 4 is 26.0 Å². The van der Waals surface area contributed by atoms with Crippen molar-refractivity contribution in [1.82, 2.24) is 4.31 Å². The van der Waals surface area contributed by atoms with Gasteiger partial charge in [0.25, 0.3) is 0 Å². The van der Waals surface area contributed by atoms with Crippen LogP contribution in [-0.4, -0.2) is 19.8 Å². The van der Waals surface area contributed by atoms with Gasteiger partial charge in [0.2, 0.25) is 10.0 Å². The molecule has 0 spiro atoms. The van der Waals surface area contributed by atoms with Crippen molar-refractivity contribution in [3.05, 3.63) is 69.7 Å². The molecule has 0 amide bonds. The van der Waals surface area contributed by atoms with Gasteiger partial charge in [0.15, 0.2) is 0 Å². The van der Waals surface area contributed by atoms with Gasteiger partial charge in [0.05, 0.1) is 5.75 Å². The number of halogens is 3. The second-order valence-electron chi connectivity index (χ2n) is 5.24. The van der Waals surface area contributed by atoms with Crippen molar-refractivity contribution in [2.24, 2.45) is 0 Å². The second kappa shape index (κ2) is 7.07. The van der Waals surface area contributed by atoms with Gasteiger partial charge in [-0.1, -0.05) is 34.1 Å². The number of hydrogen-bond donors (Lipinski definition) is 0. The summed E-state index contributed by atoms with van der Waals surface area (Å²) in [5.74, 6) is -1.40. The number of nitrogens with zero attached hydrogens (tertiary/aromatic N) is 1. The van der Waals surface area contributed by atoms with Gasteiger partial charge in [0.1, 0.15) is 11.6 Å². The summed E-state index contributed by atoms with van der Waals surface area (Å²) in [6.45, 7) is 1.70. The molecule has 0 aliphatic rings.